The van der Waals surface area contributed by atoms with Crippen molar-refractivity contribution < 1.29 is 9.13 Å². The number of halogens is 1. The number of para-hydroxylation sites is 1. The highest BCUT2D eigenvalue weighted by Gasteiger charge is 2.09. The van der Waals surface area contributed by atoms with E-state index in [1.54, 1.807) is 18.2 Å². The first-order chi connectivity index (χ1) is 9.97. The van der Waals surface area contributed by atoms with Crippen LogP contribution in [-0.4, -0.2) is 19.0 Å². The lowest BCUT2D eigenvalue weighted by Gasteiger charge is -2.16. The number of nitrogen functional groups attached to an aromatic ring is 1. The molecule has 110 valence electrons. The van der Waals surface area contributed by atoms with E-state index in [1.165, 1.54) is 0 Å². The summed E-state index contributed by atoms with van der Waals surface area (Å²) in [7, 11) is 3.97. The van der Waals surface area contributed by atoms with Crippen LogP contribution in [0.25, 0.3) is 5.83 Å². The summed E-state index contributed by atoms with van der Waals surface area (Å²) >= 11 is 0. The number of anilines is 1. The second-order valence-corrected chi connectivity index (χ2v) is 5.11. The Bertz CT molecular complexity index is 653. The van der Waals surface area contributed by atoms with E-state index in [4.69, 9.17) is 10.5 Å². The zero-order chi connectivity index (χ0) is 15.4. The molecule has 0 fully saturated rings. The van der Waals surface area contributed by atoms with Gasteiger partial charge in [-0.3, -0.25) is 0 Å². The molecule has 0 saturated carbocycles. The lowest BCUT2D eigenvalue weighted by Crippen LogP contribution is -2.11. The fraction of sp³-hybridized carbons (Fsp3) is 0.176. The van der Waals surface area contributed by atoms with Crippen molar-refractivity contribution in [2.24, 2.45) is 0 Å². The Balaban J connectivity index is 2.34. The van der Waals surface area contributed by atoms with E-state index in [1.807, 2.05) is 43.3 Å². The molecule has 4 heteroatoms. The number of ether oxygens (including phenoxy) is 1. The predicted molar refractivity (Wildman–Crippen MR) is 84.9 cm³/mol. The Morgan fingerprint density at radius 2 is 1.90 bits per heavy atom. The molecule has 0 aliphatic rings. The molecule has 0 aliphatic heterocycles. The second-order valence-electron chi connectivity index (χ2n) is 5.11. The summed E-state index contributed by atoms with van der Waals surface area (Å²) in [5.74, 6) is 0.624. The van der Waals surface area contributed by atoms with Gasteiger partial charge in [-0.05, 0) is 38.4 Å². The van der Waals surface area contributed by atoms with Crippen LogP contribution < -0.4 is 10.5 Å². The normalized spacial score (nSPS) is 10.7. The van der Waals surface area contributed by atoms with Gasteiger partial charge in [-0.25, -0.2) is 4.39 Å². The molecule has 0 aromatic heterocycles. The van der Waals surface area contributed by atoms with E-state index >= 15 is 0 Å². The summed E-state index contributed by atoms with van der Waals surface area (Å²) < 4.78 is 19.1. The molecular formula is C17H19FN2O. The maximum absolute atomic E-state index is 13.2. The zero-order valence-electron chi connectivity index (χ0n) is 12.3. The van der Waals surface area contributed by atoms with Crippen molar-refractivity contribution in [3.8, 4) is 11.5 Å². The Morgan fingerprint density at radius 1 is 1.19 bits per heavy atom. The van der Waals surface area contributed by atoms with Gasteiger partial charge in [0.05, 0.1) is 5.69 Å². The lowest BCUT2D eigenvalue weighted by atomic mass is 10.1. The molecule has 0 bridgehead atoms. The Hall–Kier alpha value is -2.33. The van der Waals surface area contributed by atoms with Crippen molar-refractivity contribution in [1.29, 1.82) is 0 Å². The smallest absolute Gasteiger partial charge is 0.151 e. The van der Waals surface area contributed by atoms with Crippen molar-refractivity contribution in [2.75, 3.05) is 19.8 Å². The van der Waals surface area contributed by atoms with E-state index in [9.17, 15) is 4.39 Å². The minimum absolute atomic E-state index is 0.365. The first kappa shape index (κ1) is 15.1. The monoisotopic (exact) mass is 286 g/mol. The predicted octanol–water partition coefficient (Wildman–Crippen LogP) is 4.06. The topological polar surface area (TPSA) is 38.5 Å². The standard InChI is InChI=1S/C17H19FN2O/c1-12(18)13-8-9-15(19)17(10-13)21-16-7-5-4-6-14(16)11-20(2)3/h4-10H,1,11,19H2,2-3H3. The number of nitrogens with zero attached hydrogens (tertiary/aromatic N) is 1. The highest BCUT2D eigenvalue weighted by molar-refractivity contribution is 5.65. The summed E-state index contributed by atoms with van der Waals surface area (Å²) in [6.45, 7) is 4.03. The van der Waals surface area contributed by atoms with Gasteiger partial charge in [0, 0.05) is 17.7 Å². The molecule has 0 atom stereocenters. The molecule has 0 heterocycles. The fourth-order valence-corrected chi connectivity index (χ4v) is 1.98. The third-order valence-corrected chi connectivity index (χ3v) is 3.01. The van der Waals surface area contributed by atoms with Crippen molar-refractivity contribution >= 4 is 11.5 Å². The van der Waals surface area contributed by atoms with Gasteiger partial charge in [-0.2, -0.15) is 0 Å². The van der Waals surface area contributed by atoms with Crippen LogP contribution >= 0.6 is 0 Å². The van der Waals surface area contributed by atoms with E-state index in [-0.39, 0.29) is 0 Å². The Labute approximate surface area is 124 Å². The van der Waals surface area contributed by atoms with Gasteiger partial charge in [-0.15, -0.1) is 0 Å². The van der Waals surface area contributed by atoms with Crippen LogP contribution in [0.5, 0.6) is 11.5 Å². The van der Waals surface area contributed by atoms with Gasteiger partial charge in [0.15, 0.2) is 5.75 Å². The molecule has 3 nitrogen and oxygen atoms in total. The maximum Gasteiger partial charge on any atom is 0.151 e. The first-order valence-electron chi connectivity index (χ1n) is 6.62. The molecule has 0 amide bonds. The van der Waals surface area contributed by atoms with Gasteiger partial charge in [0.2, 0.25) is 0 Å². The molecule has 0 aliphatic carbocycles. The van der Waals surface area contributed by atoms with E-state index in [2.05, 4.69) is 6.58 Å². The number of rotatable bonds is 5. The SMILES string of the molecule is C=C(F)c1ccc(N)c(Oc2ccccc2CN(C)C)c1. The highest BCUT2D eigenvalue weighted by atomic mass is 19.1. The molecule has 2 aromatic rings. The molecule has 2 rings (SSSR count). The first-order valence-corrected chi connectivity index (χ1v) is 6.62. The number of hydrogen-bond donors (Lipinski definition) is 1. The molecule has 0 saturated heterocycles. The van der Waals surface area contributed by atoms with Crippen molar-refractivity contribution in [3.05, 3.63) is 60.2 Å². The van der Waals surface area contributed by atoms with Gasteiger partial charge >= 0.3 is 0 Å². The van der Waals surface area contributed by atoms with E-state index in [0.29, 0.717) is 22.7 Å². The van der Waals surface area contributed by atoms with Crippen LogP contribution in [0.4, 0.5) is 10.1 Å². The van der Waals surface area contributed by atoms with Crippen LogP contribution in [0.3, 0.4) is 0 Å². The molecule has 2 aromatic carbocycles. The average Bonchev–Trinajstić information content (AvgIpc) is 2.42. The summed E-state index contributed by atoms with van der Waals surface area (Å²) in [6, 6.07) is 12.5. The maximum atomic E-state index is 13.2. The van der Waals surface area contributed by atoms with Gasteiger partial charge in [0.25, 0.3) is 0 Å². The van der Waals surface area contributed by atoms with Crippen LogP contribution in [0.15, 0.2) is 49.0 Å². The summed E-state index contributed by atoms with van der Waals surface area (Å²) in [5.41, 5.74) is 7.76. The lowest BCUT2D eigenvalue weighted by molar-refractivity contribution is 0.389. The summed E-state index contributed by atoms with van der Waals surface area (Å²) in [6.07, 6.45) is 0. The Morgan fingerprint density at radius 3 is 2.57 bits per heavy atom. The van der Waals surface area contributed by atoms with Gasteiger partial charge < -0.3 is 15.4 Å². The molecule has 0 spiro atoms. The van der Waals surface area contributed by atoms with Crippen LogP contribution in [0, 0.1) is 0 Å². The van der Waals surface area contributed by atoms with Gasteiger partial charge in [-0.1, -0.05) is 24.8 Å². The third-order valence-electron chi connectivity index (χ3n) is 3.01. The molecule has 0 unspecified atom stereocenters. The van der Waals surface area contributed by atoms with Crippen molar-refractivity contribution in [3.63, 3.8) is 0 Å². The minimum atomic E-state index is -0.513. The van der Waals surface area contributed by atoms with E-state index in [0.717, 1.165) is 12.1 Å². The van der Waals surface area contributed by atoms with Gasteiger partial charge in [0.1, 0.15) is 11.6 Å². The quantitative estimate of drug-likeness (QED) is 0.842. The fourth-order valence-electron chi connectivity index (χ4n) is 1.98. The third kappa shape index (κ3) is 3.83. The average molecular weight is 286 g/mol. The Kier molecular flexibility index (Phi) is 4.60. The largest absolute Gasteiger partial charge is 0.455 e. The summed E-state index contributed by atoms with van der Waals surface area (Å²) in [5, 5.41) is 0. The number of nitrogens with two attached hydrogens (primary N) is 1. The second kappa shape index (κ2) is 6.41. The number of hydrogen-bond acceptors (Lipinski definition) is 3. The highest BCUT2D eigenvalue weighted by Crippen LogP contribution is 2.32. The molecular weight excluding hydrogens is 267 g/mol. The minimum Gasteiger partial charge on any atom is -0.455 e. The van der Waals surface area contributed by atoms with Crippen LogP contribution in [0.2, 0.25) is 0 Å². The molecule has 0 radical (unpaired) electrons. The zero-order valence-corrected chi connectivity index (χ0v) is 12.3. The molecule has 21 heavy (non-hydrogen) atoms. The van der Waals surface area contributed by atoms with E-state index < -0.39 is 5.83 Å². The van der Waals surface area contributed by atoms with Crippen molar-refractivity contribution in [1.82, 2.24) is 4.90 Å². The van der Waals surface area contributed by atoms with Crippen LogP contribution in [0.1, 0.15) is 11.1 Å². The summed E-state index contributed by atoms with van der Waals surface area (Å²) in [4.78, 5) is 2.05. The molecule has 2 N–H and O–H groups in total. The van der Waals surface area contributed by atoms with Crippen LogP contribution in [-0.2, 0) is 6.54 Å². The number of benzene rings is 2. The van der Waals surface area contributed by atoms with Crippen molar-refractivity contribution in [2.45, 2.75) is 6.54 Å².